The molecule has 3 N–H and O–H groups in total. The van der Waals surface area contributed by atoms with E-state index in [-0.39, 0.29) is 0 Å². The van der Waals surface area contributed by atoms with Crippen LogP contribution in [0.5, 0.6) is 5.75 Å². The predicted octanol–water partition coefficient (Wildman–Crippen LogP) is 7.57. The second-order valence-electron chi connectivity index (χ2n) is 13.4. The summed E-state index contributed by atoms with van der Waals surface area (Å²) in [5.41, 5.74) is 9.62. The van der Waals surface area contributed by atoms with Gasteiger partial charge in [0.05, 0.1) is 13.2 Å². The van der Waals surface area contributed by atoms with E-state index < -0.39 is 26.1 Å². The molecule has 1 unspecified atom stereocenters. The zero-order valence-corrected chi connectivity index (χ0v) is 29.8. The number of aliphatic hydroxyl groups is 1. The molecule has 0 saturated heterocycles. The van der Waals surface area contributed by atoms with Crippen LogP contribution in [0.15, 0.2) is 122 Å². The highest BCUT2D eigenvalue weighted by molar-refractivity contribution is 6.76. The SMILES string of the molecule is COc1ccccc1-c1cn(NCOCC[Si](C)(C)C)c2ncc(-c3cncc(C(O)C(=O)NC(c4ccccc4)c4ccccc4)c3)cc12. The van der Waals surface area contributed by atoms with Gasteiger partial charge < -0.3 is 19.9 Å². The number of para-hydroxylation sites is 1. The first-order valence-electron chi connectivity index (χ1n) is 16.7. The molecule has 0 bridgehead atoms. The number of amides is 1. The Labute approximate surface area is 293 Å². The van der Waals surface area contributed by atoms with Crippen LogP contribution in [0, 0.1) is 0 Å². The molecule has 0 spiro atoms. The normalized spacial score (nSPS) is 12.2. The van der Waals surface area contributed by atoms with Crippen LogP contribution in [0.2, 0.25) is 25.7 Å². The molecule has 3 aromatic carbocycles. The van der Waals surface area contributed by atoms with E-state index in [1.165, 1.54) is 6.20 Å². The first-order chi connectivity index (χ1) is 24.2. The maximum Gasteiger partial charge on any atom is 0.254 e. The van der Waals surface area contributed by atoms with Gasteiger partial charge in [0.2, 0.25) is 0 Å². The van der Waals surface area contributed by atoms with Gasteiger partial charge in [0.25, 0.3) is 5.91 Å². The number of carbonyl (C=O) groups is 1. The van der Waals surface area contributed by atoms with Gasteiger partial charge in [-0.25, -0.2) is 9.66 Å². The van der Waals surface area contributed by atoms with E-state index in [0.717, 1.165) is 50.6 Å². The zero-order valence-electron chi connectivity index (χ0n) is 28.8. The van der Waals surface area contributed by atoms with Crippen molar-refractivity contribution in [1.82, 2.24) is 20.0 Å². The van der Waals surface area contributed by atoms with Crippen LogP contribution in [0.1, 0.15) is 28.8 Å². The minimum absolute atomic E-state index is 0.338. The number of ether oxygens (including phenoxy) is 2. The minimum Gasteiger partial charge on any atom is -0.496 e. The number of nitrogens with zero attached hydrogens (tertiary/aromatic N) is 3. The van der Waals surface area contributed by atoms with E-state index in [4.69, 9.17) is 14.5 Å². The molecule has 1 amide bonds. The number of hydrogen-bond donors (Lipinski definition) is 3. The Kier molecular flexibility index (Phi) is 10.7. The minimum atomic E-state index is -1.44. The van der Waals surface area contributed by atoms with Crippen molar-refractivity contribution in [2.75, 3.05) is 25.9 Å². The van der Waals surface area contributed by atoms with Crippen LogP contribution in [0.25, 0.3) is 33.3 Å². The molecule has 0 aliphatic heterocycles. The van der Waals surface area contributed by atoms with E-state index >= 15 is 0 Å². The quantitative estimate of drug-likeness (QED) is 0.0617. The summed E-state index contributed by atoms with van der Waals surface area (Å²) in [5.74, 6) is 0.217. The highest BCUT2D eigenvalue weighted by atomic mass is 28.3. The summed E-state index contributed by atoms with van der Waals surface area (Å²) in [4.78, 5) is 22.8. The van der Waals surface area contributed by atoms with Gasteiger partial charge in [0.1, 0.15) is 12.5 Å². The molecule has 0 aliphatic carbocycles. The lowest BCUT2D eigenvalue weighted by Gasteiger charge is -2.22. The Morgan fingerprint density at radius 2 is 1.50 bits per heavy atom. The summed E-state index contributed by atoms with van der Waals surface area (Å²) in [7, 11) is 0.458. The van der Waals surface area contributed by atoms with Gasteiger partial charge in [0.15, 0.2) is 11.8 Å². The molecule has 256 valence electrons. The second-order valence-corrected chi connectivity index (χ2v) is 19.0. The highest BCUT2D eigenvalue weighted by Gasteiger charge is 2.24. The fourth-order valence-corrected chi connectivity index (χ4v) is 6.58. The molecular weight excluding hydrogens is 643 g/mol. The van der Waals surface area contributed by atoms with Crippen molar-refractivity contribution in [1.29, 1.82) is 0 Å². The maximum absolute atomic E-state index is 13.5. The number of nitrogens with one attached hydrogen (secondary N) is 2. The molecule has 0 saturated carbocycles. The number of fused-ring (bicyclic) bond motifs is 1. The number of benzene rings is 3. The van der Waals surface area contributed by atoms with Crippen LogP contribution in [0.3, 0.4) is 0 Å². The third kappa shape index (κ3) is 8.11. The van der Waals surface area contributed by atoms with Gasteiger partial charge in [-0.05, 0) is 35.4 Å². The molecule has 3 heterocycles. The third-order valence-corrected chi connectivity index (χ3v) is 10.3. The van der Waals surface area contributed by atoms with Gasteiger partial charge in [-0.2, -0.15) is 0 Å². The predicted molar refractivity (Wildman–Crippen MR) is 201 cm³/mol. The summed E-state index contributed by atoms with van der Waals surface area (Å²) >= 11 is 0. The number of aromatic nitrogens is 3. The maximum atomic E-state index is 13.5. The Morgan fingerprint density at radius 1 is 0.840 bits per heavy atom. The van der Waals surface area contributed by atoms with E-state index in [2.05, 4.69) is 35.4 Å². The molecule has 3 aromatic heterocycles. The molecule has 0 aliphatic rings. The molecule has 50 heavy (non-hydrogen) atoms. The molecule has 1 atom stereocenters. The molecule has 6 aromatic rings. The van der Waals surface area contributed by atoms with Crippen molar-refractivity contribution in [3.8, 4) is 28.0 Å². The zero-order chi connectivity index (χ0) is 35.1. The van der Waals surface area contributed by atoms with Crippen molar-refractivity contribution in [2.24, 2.45) is 0 Å². The smallest absolute Gasteiger partial charge is 0.254 e. The first kappa shape index (κ1) is 34.6. The standard InChI is InChI=1S/C40H43N5O4Si/c1-48-36-18-12-11-17-33(36)35-26-45(43-27-49-19-20-50(2,3)4)39-34(35)22-31(25-42-39)30-21-32(24-41-23-30)38(46)40(47)44-37(28-13-7-5-8-14-28)29-15-9-6-10-16-29/h5-18,21-26,37-38,43,46H,19-20,27H2,1-4H3,(H,44,47). The average Bonchev–Trinajstić information content (AvgIpc) is 3.51. The van der Waals surface area contributed by atoms with Gasteiger partial charge in [-0.3, -0.25) is 15.2 Å². The van der Waals surface area contributed by atoms with Crippen molar-refractivity contribution < 1.29 is 19.4 Å². The first-order valence-corrected chi connectivity index (χ1v) is 20.4. The molecule has 0 fully saturated rings. The summed E-state index contributed by atoms with van der Waals surface area (Å²) in [6.45, 7) is 8.03. The van der Waals surface area contributed by atoms with Crippen LogP contribution in [0.4, 0.5) is 0 Å². The van der Waals surface area contributed by atoms with Crippen molar-refractivity contribution >= 4 is 25.0 Å². The largest absolute Gasteiger partial charge is 0.496 e. The molecular formula is C40H43N5O4Si. The van der Waals surface area contributed by atoms with Crippen LogP contribution in [-0.2, 0) is 9.53 Å². The lowest BCUT2D eigenvalue weighted by Crippen LogP contribution is -2.33. The highest BCUT2D eigenvalue weighted by Crippen LogP contribution is 2.37. The average molecular weight is 686 g/mol. The number of methoxy groups -OCH3 is 1. The summed E-state index contributed by atoms with van der Waals surface area (Å²) in [6.07, 6.45) is 5.55. The van der Waals surface area contributed by atoms with Crippen LogP contribution >= 0.6 is 0 Å². The Bertz CT molecular complexity index is 2010. The van der Waals surface area contributed by atoms with Gasteiger partial charge >= 0.3 is 0 Å². The number of hydrogen-bond acceptors (Lipinski definition) is 7. The number of carbonyl (C=O) groups excluding carboxylic acids is 1. The van der Waals surface area contributed by atoms with E-state index in [9.17, 15) is 9.90 Å². The summed E-state index contributed by atoms with van der Waals surface area (Å²) in [6, 6.07) is 31.8. The Morgan fingerprint density at radius 3 is 2.18 bits per heavy atom. The summed E-state index contributed by atoms with van der Waals surface area (Å²) in [5, 5.41) is 15.2. The lowest BCUT2D eigenvalue weighted by atomic mass is 9.97. The molecule has 9 nitrogen and oxygen atoms in total. The fourth-order valence-electron chi connectivity index (χ4n) is 5.82. The van der Waals surface area contributed by atoms with Crippen molar-refractivity contribution in [3.05, 3.63) is 139 Å². The summed E-state index contributed by atoms with van der Waals surface area (Å²) < 4.78 is 13.5. The topological polar surface area (TPSA) is 111 Å². The number of aliphatic hydroxyl groups excluding tert-OH is 1. The molecule has 6 rings (SSSR count). The van der Waals surface area contributed by atoms with Gasteiger partial charge in [-0.1, -0.05) is 98.5 Å². The monoisotopic (exact) mass is 685 g/mol. The number of pyridine rings is 2. The lowest BCUT2D eigenvalue weighted by molar-refractivity contribution is -0.130. The van der Waals surface area contributed by atoms with E-state index in [0.29, 0.717) is 24.5 Å². The van der Waals surface area contributed by atoms with E-state index in [1.807, 2.05) is 102 Å². The van der Waals surface area contributed by atoms with Gasteiger partial charge in [0, 0.05) is 72.7 Å². The Balaban J connectivity index is 1.29. The third-order valence-electron chi connectivity index (χ3n) is 8.58. The second kappa shape index (κ2) is 15.5. The molecule has 0 radical (unpaired) electrons. The van der Waals surface area contributed by atoms with E-state index in [1.54, 1.807) is 25.6 Å². The molecule has 10 heteroatoms. The van der Waals surface area contributed by atoms with Crippen molar-refractivity contribution in [3.63, 3.8) is 0 Å². The Hall–Kier alpha value is -5.29. The van der Waals surface area contributed by atoms with Crippen LogP contribution < -0.4 is 15.5 Å². The number of rotatable bonds is 14. The van der Waals surface area contributed by atoms with Crippen molar-refractivity contribution in [2.45, 2.75) is 37.8 Å². The van der Waals surface area contributed by atoms with Crippen LogP contribution in [-0.4, -0.2) is 54.2 Å². The van der Waals surface area contributed by atoms with Gasteiger partial charge in [-0.15, -0.1) is 0 Å². The fraction of sp³-hybridized carbons (Fsp3) is 0.225.